The van der Waals surface area contributed by atoms with Crippen LogP contribution in [0.4, 0.5) is 0 Å². The van der Waals surface area contributed by atoms with E-state index in [9.17, 15) is 19.9 Å². The lowest BCUT2D eigenvalue weighted by Gasteiger charge is -2.44. The third-order valence-corrected chi connectivity index (χ3v) is 7.40. The van der Waals surface area contributed by atoms with E-state index in [2.05, 4.69) is 10.8 Å². The van der Waals surface area contributed by atoms with Crippen LogP contribution in [0.15, 0.2) is 12.2 Å². The summed E-state index contributed by atoms with van der Waals surface area (Å²) in [5.41, 5.74) is -0.610. The Balaban J connectivity index is 2.30. The van der Waals surface area contributed by atoms with Crippen molar-refractivity contribution in [2.75, 3.05) is 5.75 Å². The van der Waals surface area contributed by atoms with Gasteiger partial charge >= 0.3 is 0 Å². The van der Waals surface area contributed by atoms with Gasteiger partial charge in [-0.05, 0) is 45.3 Å². The molecule has 4 N–H and O–H groups in total. The Morgan fingerprint density at radius 2 is 1.88 bits per heavy atom. The molecule has 0 aromatic rings. The Hall–Kier alpha value is 0.200. The van der Waals surface area contributed by atoms with E-state index in [1.807, 2.05) is 33.8 Å². The van der Waals surface area contributed by atoms with Crippen LogP contribution in [0, 0.1) is 5.92 Å². The third-order valence-electron chi connectivity index (χ3n) is 4.56. The van der Waals surface area contributed by atoms with Gasteiger partial charge in [-0.25, -0.2) is 0 Å². The van der Waals surface area contributed by atoms with Crippen LogP contribution in [0.1, 0.15) is 40.5 Å². The number of hydrogen-bond acceptors (Lipinski definition) is 7. The number of fused-ring (bicyclic) bond motifs is 2. The fourth-order valence-corrected chi connectivity index (χ4v) is 4.99. The van der Waals surface area contributed by atoms with Gasteiger partial charge in [0.25, 0.3) is 0 Å². The Labute approximate surface area is 157 Å². The molecule has 0 amide bonds. The molecule has 2 rings (SSSR count). The maximum Gasteiger partial charge on any atom is 0.136 e. The molecule has 0 saturated carbocycles. The number of rotatable bonds is 2. The highest BCUT2D eigenvalue weighted by molar-refractivity contribution is 7.99. The Morgan fingerprint density at radius 3 is 2.52 bits per heavy atom. The van der Waals surface area contributed by atoms with Crippen molar-refractivity contribution in [2.24, 2.45) is 5.92 Å². The number of hydrogen-bond donors (Lipinski definition) is 4. The van der Waals surface area contributed by atoms with E-state index < -0.39 is 52.0 Å². The molecule has 0 radical (unpaired) electrons. The zero-order valence-electron chi connectivity index (χ0n) is 15.3. The molecule has 1 fully saturated rings. The van der Waals surface area contributed by atoms with Crippen molar-refractivity contribution in [3.8, 4) is 0 Å². The summed E-state index contributed by atoms with van der Waals surface area (Å²) in [6.45, 7) is 7.59. The highest BCUT2D eigenvalue weighted by atomic mass is 32.2. The predicted octanol–water partition coefficient (Wildman–Crippen LogP) is 0.934. The fraction of sp³-hybridized carbons (Fsp3) is 0.882. The lowest BCUT2D eigenvalue weighted by atomic mass is 9.88. The molecule has 146 valence electrons. The molecule has 8 atom stereocenters. The van der Waals surface area contributed by atoms with Crippen LogP contribution in [0.25, 0.3) is 0 Å². The second kappa shape index (κ2) is 8.93. The van der Waals surface area contributed by atoms with Crippen LogP contribution in [-0.2, 0) is 16.1 Å². The number of thioether (sulfide) groups is 1. The van der Waals surface area contributed by atoms with Crippen LogP contribution in [0.5, 0.6) is 0 Å². The second-order valence-corrected chi connectivity index (χ2v) is 11.0. The van der Waals surface area contributed by atoms with Gasteiger partial charge in [0.15, 0.2) is 0 Å². The number of nitrogens with one attached hydrogen (secondary N) is 1. The van der Waals surface area contributed by atoms with E-state index in [0.29, 0.717) is 0 Å². The van der Waals surface area contributed by atoms with Crippen LogP contribution in [-0.4, -0.2) is 66.3 Å². The summed E-state index contributed by atoms with van der Waals surface area (Å²) in [6, 6.07) is -0.449. The van der Waals surface area contributed by atoms with E-state index in [0.717, 1.165) is 18.6 Å². The minimum absolute atomic E-state index is 0.0582. The van der Waals surface area contributed by atoms with Gasteiger partial charge in [0.05, 0.1) is 6.04 Å². The Bertz CT molecular complexity index is 459. The maximum atomic E-state index is 12.6. The molecule has 6 nitrogen and oxygen atoms in total. The molecule has 2 aliphatic heterocycles. The summed E-state index contributed by atoms with van der Waals surface area (Å²) in [5.74, 6) is 0.735. The topological polar surface area (TPSA) is 105 Å². The Kier molecular flexibility index (Phi) is 7.68. The predicted molar refractivity (Wildman–Crippen MR) is 101 cm³/mol. The average molecular weight is 394 g/mol. The monoisotopic (exact) mass is 393 g/mol. The maximum absolute atomic E-state index is 12.6. The van der Waals surface area contributed by atoms with E-state index in [1.54, 1.807) is 0 Å². The molecule has 2 aliphatic rings. The molecule has 0 aromatic heterocycles. The normalized spacial score (nSPS) is 43.1. The summed E-state index contributed by atoms with van der Waals surface area (Å²) in [6.07, 6.45) is 1.53. The third kappa shape index (κ3) is 5.35. The molecule has 0 aliphatic carbocycles. The lowest BCUT2D eigenvalue weighted by Crippen LogP contribution is -2.64. The zero-order valence-corrected chi connectivity index (χ0v) is 16.9. The quantitative estimate of drug-likeness (QED) is 0.409. The highest BCUT2D eigenvalue weighted by Crippen LogP contribution is 2.33. The molecule has 1 unspecified atom stereocenters. The van der Waals surface area contributed by atoms with E-state index in [-0.39, 0.29) is 5.92 Å². The van der Waals surface area contributed by atoms with E-state index in [4.69, 9.17) is 4.74 Å². The van der Waals surface area contributed by atoms with E-state index in [1.165, 1.54) is 11.8 Å². The average Bonchev–Trinajstić information content (AvgIpc) is 2.56. The number of ether oxygens (including phenoxy) is 1. The molecule has 8 heteroatoms. The van der Waals surface area contributed by atoms with Crippen LogP contribution in [0.3, 0.4) is 0 Å². The molecule has 2 bridgehead atoms. The minimum atomic E-state index is -1.35. The smallest absolute Gasteiger partial charge is 0.136 e. The first kappa shape index (κ1) is 21.5. The summed E-state index contributed by atoms with van der Waals surface area (Å²) in [7, 11) is 0. The van der Waals surface area contributed by atoms with Crippen molar-refractivity contribution in [3.05, 3.63) is 12.2 Å². The van der Waals surface area contributed by atoms with Gasteiger partial charge in [-0.15, -0.1) is 16.5 Å². The first-order valence-electron chi connectivity index (χ1n) is 8.79. The first-order valence-corrected chi connectivity index (χ1v) is 11.0. The number of aliphatic hydroxyl groups is 3. The van der Waals surface area contributed by atoms with Crippen molar-refractivity contribution in [2.45, 2.75) is 81.2 Å². The van der Waals surface area contributed by atoms with Gasteiger partial charge in [-0.2, -0.15) is 0 Å². The first-order chi connectivity index (χ1) is 11.6. The van der Waals surface area contributed by atoms with Gasteiger partial charge in [0.2, 0.25) is 0 Å². The second-order valence-electron chi connectivity index (χ2n) is 7.77. The zero-order chi connectivity index (χ0) is 18.8. The van der Waals surface area contributed by atoms with Crippen molar-refractivity contribution in [1.29, 1.82) is 0 Å². The van der Waals surface area contributed by atoms with Crippen LogP contribution in [0.2, 0.25) is 0 Å². The van der Waals surface area contributed by atoms with Gasteiger partial charge in [0, 0.05) is 11.4 Å². The molecule has 25 heavy (non-hydrogen) atoms. The standard InChI is InChI=1S/C17H31NO5S2/c1-10-8-6-5-7-9-24-16-14(21)12(19)13(20)15(23-16)11(10)18-25(22)17(2,3)4/h6,8,10-16,18-21H,5,7,9H2,1-4H3/b8-6-/t10-,11-,12+,13-,14-,15-,16-,25?/m1/s1. The molecular weight excluding hydrogens is 362 g/mol. The van der Waals surface area contributed by atoms with E-state index >= 15 is 0 Å². The molecule has 2 heterocycles. The highest BCUT2D eigenvalue weighted by Gasteiger charge is 2.49. The molecule has 1 saturated heterocycles. The van der Waals surface area contributed by atoms with Crippen LogP contribution < -0.4 is 4.72 Å². The summed E-state index contributed by atoms with van der Waals surface area (Å²) >= 11 is 0.0913. The van der Waals surface area contributed by atoms with Gasteiger partial charge < -0.3 is 24.6 Å². The molecule has 0 aromatic carbocycles. The molecule has 0 spiro atoms. The lowest BCUT2D eigenvalue weighted by molar-refractivity contribution is -0.205. The van der Waals surface area contributed by atoms with Crippen molar-refractivity contribution in [1.82, 2.24) is 4.72 Å². The van der Waals surface area contributed by atoms with Gasteiger partial charge in [0.1, 0.15) is 34.6 Å². The summed E-state index contributed by atoms with van der Waals surface area (Å²) < 4.78 is 21.2. The van der Waals surface area contributed by atoms with Gasteiger partial charge in [-0.1, -0.05) is 19.1 Å². The largest absolute Gasteiger partial charge is 0.598 e. The number of aliphatic hydroxyl groups excluding tert-OH is 3. The summed E-state index contributed by atoms with van der Waals surface area (Å²) in [4.78, 5) is 0. The fourth-order valence-electron chi connectivity index (χ4n) is 2.91. The minimum Gasteiger partial charge on any atom is -0.598 e. The SMILES string of the molecule is C[C@@H]1/C=C\CCCS[C@H]2O[C@@H]([C@H](O)[C@H](O)[C@H]2O)[C@@H]1N[S+]([O-])C(C)(C)C. The van der Waals surface area contributed by atoms with Crippen molar-refractivity contribution < 1.29 is 24.6 Å². The van der Waals surface area contributed by atoms with Crippen LogP contribution >= 0.6 is 11.8 Å². The summed E-state index contributed by atoms with van der Waals surface area (Å²) in [5, 5.41) is 31.0. The van der Waals surface area contributed by atoms with Crippen molar-refractivity contribution >= 4 is 23.1 Å². The Morgan fingerprint density at radius 1 is 1.20 bits per heavy atom. The number of allylic oxidation sites excluding steroid dienone is 1. The molecular formula is C17H31NO5S2. The van der Waals surface area contributed by atoms with Crippen molar-refractivity contribution in [3.63, 3.8) is 0 Å². The van der Waals surface area contributed by atoms with Gasteiger partial charge in [-0.3, -0.25) is 0 Å².